The standard InChI is InChI=1S/C24H25ClN2O2/c1-27-13-11-19(12-14-27)22-4-2-3-18-7-10-21(15-23(18)22)29-24(28)26-16-17-5-8-20(25)9-6-17/h2-10,15,19H,11-14,16H2,1H3,(H,26,28). The summed E-state index contributed by atoms with van der Waals surface area (Å²) in [5.74, 6) is 1.11. The number of amides is 1. The number of nitrogens with zero attached hydrogens (tertiary/aromatic N) is 1. The normalized spacial score (nSPS) is 15.4. The molecule has 3 aromatic rings. The van der Waals surface area contributed by atoms with Gasteiger partial charge in [-0.3, -0.25) is 0 Å². The molecule has 1 aliphatic rings. The molecule has 0 unspecified atom stereocenters. The second-order valence-corrected chi connectivity index (χ2v) is 8.11. The molecule has 0 aromatic heterocycles. The summed E-state index contributed by atoms with van der Waals surface area (Å²) in [6, 6.07) is 19.7. The van der Waals surface area contributed by atoms with Gasteiger partial charge in [0.1, 0.15) is 5.75 Å². The van der Waals surface area contributed by atoms with E-state index in [1.165, 1.54) is 16.3 Å². The van der Waals surface area contributed by atoms with Gasteiger partial charge >= 0.3 is 6.09 Å². The van der Waals surface area contributed by atoms with Gasteiger partial charge in [0, 0.05) is 11.6 Å². The highest BCUT2D eigenvalue weighted by Gasteiger charge is 2.20. The summed E-state index contributed by atoms with van der Waals surface area (Å²) in [6.07, 6.45) is 1.85. The second kappa shape index (κ2) is 8.85. The Bertz CT molecular complexity index is 995. The third-order valence-corrected chi connectivity index (χ3v) is 5.86. The minimum Gasteiger partial charge on any atom is -0.410 e. The fourth-order valence-electron chi connectivity index (χ4n) is 3.93. The van der Waals surface area contributed by atoms with Crippen LogP contribution in [0.1, 0.15) is 29.9 Å². The lowest BCUT2D eigenvalue weighted by molar-refractivity contribution is 0.200. The van der Waals surface area contributed by atoms with Gasteiger partial charge in [-0.25, -0.2) is 4.79 Å². The fourth-order valence-corrected chi connectivity index (χ4v) is 4.06. The number of hydrogen-bond acceptors (Lipinski definition) is 3. The van der Waals surface area contributed by atoms with Crippen molar-refractivity contribution >= 4 is 28.5 Å². The van der Waals surface area contributed by atoms with Crippen molar-refractivity contribution in [2.75, 3.05) is 20.1 Å². The SMILES string of the molecule is CN1CCC(c2cccc3ccc(OC(=O)NCc4ccc(Cl)cc4)cc23)CC1. The number of rotatable bonds is 4. The van der Waals surface area contributed by atoms with Crippen LogP contribution in [-0.4, -0.2) is 31.1 Å². The number of hydrogen-bond donors (Lipinski definition) is 1. The topological polar surface area (TPSA) is 41.6 Å². The van der Waals surface area contributed by atoms with Crippen LogP contribution < -0.4 is 10.1 Å². The third kappa shape index (κ3) is 4.89. The van der Waals surface area contributed by atoms with Gasteiger partial charge in [-0.15, -0.1) is 0 Å². The zero-order valence-corrected chi connectivity index (χ0v) is 17.3. The Morgan fingerprint density at radius 3 is 2.62 bits per heavy atom. The summed E-state index contributed by atoms with van der Waals surface area (Å²) in [4.78, 5) is 14.6. The summed E-state index contributed by atoms with van der Waals surface area (Å²) in [5.41, 5.74) is 2.32. The van der Waals surface area contributed by atoms with Crippen molar-refractivity contribution in [3.05, 3.63) is 76.8 Å². The summed E-state index contributed by atoms with van der Waals surface area (Å²) in [7, 11) is 2.17. The van der Waals surface area contributed by atoms with Gasteiger partial charge in [0.15, 0.2) is 0 Å². The molecule has 5 heteroatoms. The van der Waals surface area contributed by atoms with E-state index in [0.29, 0.717) is 23.2 Å². The van der Waals surface area contributed by atoms with Gasteiger partial charge in [0.2, 0.25) is 0 Å². The summed E-state index contributed by atoms with van der Waals surface area (Å²) >= 11 is 5.89. The maximum atomic E-state index is 12.2. The van der Waals surface area contributed by atoms with Crippen molar-refractivity contribution in [2.24, 2.45) is 0 Å². The van der Waals surface area contributed by atoms with E-state index in [-0.39, 0.29) is 0 Å². The van der Waals surface area contributed by atoms with Gasteiger partial charge in [0.05, 0.1) is 0 Å². The predicted molar refractivity (Wildman–Crippen MR) is 118 cm³/mol. The number of ether oxygens (including phenoxy) is 1. The highest BCUT2D eigenvalue weighted by atomic mass is 35.5. The first kappa shape index (κ1) is 19.7. The number of fused-ring (bicyclic) bond motifs is 1. The molecule has 150 valence electrons. The molecular weight excluding hydrogens is 384 g/mol. The lowest BCUT2D eigenvalue weighted by Gasteiger charge is -2.30. The number of carbonyl (C=O) groups is 1. The van der Waals surface area contributed by atoms with E-state index in [0.717, 1.165) is 31.5 Å². The number of piperidine rings is 1. The molecule has 1 fully saturated rings. The molecule has 0 radical (unpaired) electrons. The highest BCUT2D eigenvalue weighted by Crippen LogP contribution is 2.34. The number of nitrogens with one attached hydrogen (secondary N) is 1. The van der Waals surface area contributed by atoms with Crippen molar-refractivity contribution in [2.45, 2.75) is 25.3 Å². The van der Waals surface area contributed by atoms with Crippen molar-refractivity contribution in [1.82, 2.24) is 10.2 Å². The Hall–Kier alpha value is -2.56. The molecule has 0 bridgehead atoms. The fraction of sp³-hybridized carbons (Fsp3) is 0.292. The van der Waals surface area contributed by atoms with E-state index in [4.69, 9.17) is 16.3 Å². The van der Waals surface area contributed by atoms with Crippen molar-refractivity contribution in [3.63, 3.8) is 0 Å². The van der Waals surface area contributed by atoms with Gasteiger partial charge in [-0.2, -0.15) is 0 Å². The Morgan fingerprint density at radius 1 is 1.10 bits per heavy atom. The van der Waals surface area contributed by atoms with Crippen LogP contribution >= 0.6 is 11.6 Å². The van der Waals surface area contributed by atoms with E-state index >= 15 is 0 Å². The minimum atomic E-state index is -0.462. The summed E-state index contributed by atoms with van der Waals surface area (Å²) in [5, 5.41) is 5.81. The third-order valence-electron chi connectivity index (χ3n) is 5.61. The smallest absolute Gasteiger partial charge is 0.410 e. The molecule has 1 amide bonds. The Balaban J connectivity index is 1.47. The van der Waals surface area contributed by atoms with E-state index in [1.54, 1.807) is 12.1 Å². The molecule has 1 N–H and O–H groups in total. The van der Waals surface area contributed by atoms with Crippen LogP contribution in [-0.2, 0) is 6.54 Å². The first-order chi connectivity index (χ1) is 14.1. The van der Waals surface area contributed by atoms with Crippen LogP contribution in [0.5, 0.6) is 5.75 Å². The molecule has 4 nitrogen and oxygen atoms in total. The highest BCUT2D eigenvalue weighted by molar-refractivity contribution is 6.30. The molecule has 1 saturated heterocycles. The average Bonchev–Trinajstić information content (AvgIpc) is 2.73. The Morgan fingerprint density at radius 2 is 1.86 bits per heavy atom. The van der Waals surface area contributed by atoms with Crippen LogP contribution in [0.15, 0.2) is 60.7 Å². The molecule has 29 heavy (non-hydrogen) atoms. The lowest BCUT2D eigenvalue weighted by atomic mass is 9.86. The van der Waals surface area contributed by atoms with Gasteiger partial charge in [-0.1, -0.05) is 48.0 Å². The van der Waals surface area contributed by atoms with Crippen molar-refractivity contribution in [3.8, 4) is 5.75 Å². The maximum absolute atomic E-state index is 12.2. The molecule has 1 aliphatic heterocycles. The molecule has 0 aliphatic carbocycles. The molecule has 0 atom stereocenters. The predicted octanol–water partition coefficient (Wildman–Crippen LogP) is 5.59. The van der Waals surface area contributed by atoms with E-state index in [9.17, 15) is 4.79 Å². The Kier molecular flexibility index (Phi) is 6.02. The van der Waals surface area contributed by atoms with Gasteiger partial charge in [-0.05, 0) is 85.1 Å². The van der Waals surface area contributed by atoms with E-state index in [1.807, 2.05) is 30.3 Å². The quantitative estimate of drug-likeness (QED) is 0.611. The monoisotopic (exact) mass is 408 g/mol. The molecule has 0 spiro atoms. The van der Waals surface area contributed by atoms with Crippen LogP contribution in [0.25, 0.3) is 10.8 Å². The molecule has 4 rings (SSSR count). The lowest BCUT2D eigenvalue weighted by Crippen LogP contribution is -2.29. The summed E-state index contributed by atoms with van der Waals surface area (Å²) in [6.45, 7) is 2.62. The first-order valence-electron chi connectivity index (χ1n) is 10.00. The molecule has 3 aromatic carbocycles. The number of benzene rings is 3. The molecule has 1 heterocycles. The average molecular weight is 409 g/mol. The zero-order chi connectivity index (χ0) is 20.2. The zero-order valence-electron chi connectivity index (χ0n) is 16.5. The Labute approximate surface area is 176 Å². The molecular formula is C24H25ClN2O2. The van der Waals surface area contributed by atoms with Crippen LogP contribution in [0.4, 0.5) is 4.79 Å². The van der Waals surface area contributed by atoms with Crippen molar-refractivity contribution < 1.29 is 9.53 Å². The van der Waals surface area contributed by atoms with Gasteiger partial charge < -0.3 is 15.0 Å². The first-order valence-corrected chi connectivity index (χ1v) is 10.4. The van der Waals surface area contributed by atoms with Crippen LogP contribution in [0.2, 0.25) is 5.02 Å². The van der Waals surface area contributed by atoms with Gasteiger partial charge in [0.25, 0.3) is 0 Å². The number of halogens is 1. The van der Waals surface area contributed by atoms with E-state index < -0.39 is 6.09 Å². The summed E-state index contributed by atoms with van der Waals surface area (Å²) < 4.78 is 5.54. The van der Waals surface area contributed by atoms with Crippen LogP contribution in [0, 0.1) is 0 Å². The number of carbonyl (C=O) groups excluding carboxylic acids is 1. The van der Waals surface area contributed by atoms with E-state index in [2.05, 4.69) is 35.5 Å². The minimum absolute atomic E-state index is 0.393. The van der Waals surface area contributed by atoms with Crippen molar-refractivity contribution in [1.29, 1.82) is 0 Å². The molecule has 0 saturated carbocycles. The van der Waals surface area contributed by atoms with Crippen LogP contribution in [0.3, 0.4) is 0 Å². The largest absolute Gasteiger partial charge is 0.412 e. The second-order valence-electron chi connectivity index (χ2n) is 7.68. The number of likely N-dealkylation sites (tertiary alicyclic amines) is 1. The maximum Gasteiger partial charge on any atom is 0.412 e.